The van der Waals surface area contributed by atoms with E-state index in [-0.39, 0.29) is 6.03 Å². The van der Waals surface area contributed by atoms with Crippen LogP contribution in [0.5, 0.6) is 0 Å². The molecule has 1 aliphatic carbocycles. The second-order valence-electron chi connectivity index (χ2n) is 10.0. The van der Waals surface area contributed by atoms with Crippen LogP contribution in [0.25, 0.3) is 5.57 Å². The maximum Gasteiger partial charge on any atom is 0.319 e. The Morgan fingerprint density at radius 3 is 2.64 bits per heavy atom. The van der Waals surface area contributed by atoms with Crippen molar-refractivity contribution in [3.63, 3.8) is 0 Å². The van der Waals surface area contributed by atoms with Gasteiger partial charge in [-0.1, -0.05) is 51.1 Å². The van der Waals surface area contributed by atoms with Crippen LogP contribution in [0.2, 0.25) is 0 Å². The number of benzene rings is 2. The van der Waals surface area contributed by atoms with Crippen molar-refractivity contribution in [2.45, 2.75) is 65.2 Å². The van der Waals surface area contributed by atoms with E-state index in [1.54, 1.807) is 0 Å². The number of hydrogen-bond acceptors (Lipinski definition) is 3. The van der Waals surface area contributed by atoms with Crippen LogP contribution < -0.4 is 10.6 Å². The van der Waals surface area contributed by atoms with Crippen molar-refractivity contribution < 1.29 is 9.53 Å². The molecule has 3 atom stereocenters. The quantitative estimate of drug-likeness (QED) is 0.270. The van der Waals surface area contributed by atoms with Gasteiger partial charge in [0.15, 0.2) is 0 Å². The van der Waals surface area contributed by atoms with Crippen molar-refractivity contribution in [2.24, 2.45) is 11.8 Å². The maximum absolute atomic E-state index is 12.4. The summed E-state index contributed by atoms with van der Waals surface area (Å²) in [6.45, 7) is 12.6. The third-order valence-electron chi connectivity index (χ3n) is 7.52. The van der Waals surface area contributed by atoms with Crippen LogP contribution >= 0.6 is 0 Å². The van der Waals surface area contributed by atoms with Crippen molar-refractivity contribution in [3.8, 4) is 6.07 Å². The summed E-state index contributed by atoms with van der Waals surface area (Å²) in [6.07, 6.45) is 6.90. The highest BCUT2D eigenvalue weighted by molar-refractivity contribution is 5.90. The van der Waals surface area contributed by atoms with Crippen LogP contribution in [0.3, 0.4) is 0 Å². The van der Waals surface area contributed by atoms with Crippen LogP contribution in [0.1, 0.15) is 80.5 Å². The number of carbonyl (C=O) groups excluding carboxylic acids is 1. The molecule has 0 aliphatic heterocycles. The van der Waals surface area contributed by atoms with E-state index in [0.29, 0.717) is 37.5 Å². The Balaban J connectivity index is 1.58. The topological polar surface area (TPSA) is 74.2 Å². The van der Waals surface area contributed by atoms with Gasteiger partial charge >= 0.3 is 6.03 Å². The first kappa shape index (κ1) is 27.5. The predicted octanol–water partition coefficient (Wildman–Crippen LogP) is 7.43. The van der Waals surface area contributed by atoms with Crippen molar-refractivity contribution in [3.05, 3.63) is 71.3 Å². The summed E-state index contributed by atoms with van der Waals surface area (Å²) >= 11 is 0. The van der Waals surface area contributed by atoms with Crippen molar-refractivity contribution >= 4 is 17.3 Å². The molecule has 2 aromatic carbocycles. The van der Waals surface area contributed by atoms with Crippen LogP contribution in [0.15, 0.2) is 49.0 Å². The molecule has 0 spiro atoms. The molecular formula is C31H41N3O2. The fourth-order valence-corrected chi connectivity index (χ4v) is 5.15. The molecule has 5 heteroatoms. The van der Waals surface area contributed by atoms with Gasteiger partial charge < -0.3 is 15.4 Å². The SMILES string of the molecule is C=C(c1ccc(C)c(NC(=O)NCCOCCC)c1)C(C)C1CCCC(c2ccc(C#N)cc2)CC1. The van der Waals surface area contributed by atoms with E-state index >= 15 is 0 Å². The number of amides is 2. The highest BCUT2D eigenvalue weighted by Gasteiger charge is 2.26. The number of nitrogens with zero attached hydrogens (tertiary/aromatic N) is 1. The number of hydrogen-bond donors (Lipinski definition) is 2. The lowest BCUT2D eigenvalue weighted by Crippen LogP contribution is -2.31. The van der Waals surface area contributed by atoms with Gasteiger partial charge in [0.1, 0.15) is 0 Å². The summed E-state index contributed by atoms with van der Waals surface area (Å²) in [5.74, 6) is 1.51. The molecule has 36 heavy (non-hydrogen) atoms. The average Bonchev–Trinajstić information content (AvgIpc) is 3.15. The summed E-state index contributed by atoms with van der Waals surface area (Å²) in [6, 6.07) is 16.3. The van der Waals surface area contributed by atoms with Gasteiger partial charge in [0.25, 0.3) is 0 Å². The van der Waals surface area contributed by atoms with E-state index in [1.165, 1.54) is 31.2 Å². The standard InChI is InChI=1S/C31H41N3O2/c1-5-18-36-19-17-33-31(35)34-30-20-29(12-9-22(30)2)24(4)23(3)26-7-6-8-27(16-15-26)28-13-10-25(21-32)11-14-28/h9-14,20,23,26-27H,4-8,15-19H2,1-3H3,(H2,33,34,35). The first-order valence-corrected chi connectivity index (χ1v) is 13.3. The van der Waals surface area contributed by atoms with Gasteiger partial charge in [-0.25, -0.2) is 4.79 Å². The minimum Gasteiger partial charge on any atom is -0.380 e. The molecule has 0 bridgehead atoms. The number of urea groups is 1. The molecule has 5 nitrogen and oxygen atoms in total. The van der Waals surface area contributed by atoms with Crippen LogP contribution in [-0.4, -0.2) is 25.8 Å². The number of ether oxygens (including phenoxy) is 1. The first-order valence-electron chi connectivity index (χ1n) is 13.3. The molecular weight excluding hydrogens is 446 g/mol. The molecule has 3 unspecified atom stereocenters. The lowest BCUT2D eigenvalue weighted by atomic mass is 9.80. The number of aryl methyl sites for hydroxylation is 1. The van der Waals surface area contributed by atoms with Gasteiger partial charge in [-0.05, 0) is 97.2 Å². The number of nitriles is 1. The zero-order valence-electron chi connectivity index (χ0n) is 22.1. The molecule has 1 fully saturated rings. The molecule has 0 radical (unpaired) electrons. The van der Waals surface area contributed by atoms with Crippen LogP contribution in [-0.2, 0) is 4.74 Å². The maximum atomic E-state index is 12.4. The normalized spacial score (nSPS) is 18.5. The van der Waals surface area contributed by atoms with E-state index in [2.05, 4.69) is 67.5 Å². The number of anilines is 1. The minimum atomic E-state index is -0.216. The van der Waals surface area contributed by atoms with E-state index in [9.17, 15) is 4.79 Å². The molecule has 2 N–H and O–H groups in total. The number of carbonyl (C=O) groups is 1. The Hall–Kier alpha value is -3.10. The molecule has 1 saturated carbocycles. The molecule has 0 saturated heterocycles. The fraction of sp³-hybridized carbons (Fsp3) is 0.484. The summed E-state index contributed by atoms with van der Waals surface area (Å²) in [4.78, 5) is 12.4. The molecule has 1 aliphatic rings. The molecule has 3 rings (SSSR count). The Labute approximate surface area is 216 Å². The average molecular weight is 488 g/mol. The highest BCUT2D eigenvalue weighted by atomic mass is 16.5. The number of nitrogens with one attached hydrogen (secondary N) is 2. The number of allylic oxidation sites excluding steroid dienone is 1. The molecule has 0 aromatic heterocycles. The summed E-state index contributed by atoms with van der Waals surface area (Å²) in [7, 11) is 0. The van der Waals surface area contributed by atoms with E-state index in [0.717, 1.165) is 40.8 Å². The van der Waals surface area contributed by atoms with Crippen LogP contribution in [0.4, 0.5) is 10.5 Å². The lowest BCUT2D eigenvalue weighted by molar-refractivity contribution is 0.137. The van der Waals surface area contributed by atoms with Crippen molar-refractivity contribution in [2.75, 3.05) is 25.1 Å². The minimum absolute atomic E-state index is 0.216. The Bertz CT molecular complexity index is 1050. The summed E-state index contributed by atoms with van der Waals surface area (Å²) < 4.78 is 5.43. The third-order valence-corrected chi connectivity index (χ3v) is 7.52. The van der Waals surface area contributed by atoms with Gasteiger partial charge in [-0.3, -0.25) is 0 Å². The van der Waals surface area contributed by atoms with Gasteiger partial charge in [-0.15, -0.1) is 0 Å². The highest BCUT2D eigenvalue weighted by Crippen LogP contribution is 2.40. The van der Waals surface area contributed by atoms with Gasteiger partial charge in [0.05, 0.1) is 18.2 Å². The van der Waals surface area contributed by atoms with Crippen LogP contribution in [0, 0.1) is 30.1 Å². The van der Waals surface area contributed by atoms with Gasteiger partial charge in [0, 0.05) is 18.8 Å². The molecule has 2 aromatic rings. The second kappa shape index (κ2) is 13.8. The Kier molecular flexibility index (Phi) is 10.6. The Morgan fingerprint density at radius 2 is 1.92 bits per heavy atom. The third kappa shape index (κ3) is 7.70. The molecule has 0 heterocycles. The second-order valence-corrected chi connectivity index (χ2v) is 10.0. The van der Waals surface area contributed by atoms with E-state index in [1.807, 2.05) is 19.1 Å². The van der Waals surface area contributed by atoms with Gasteiger partial charge in [0.2, 0.25) is 0 Å². The van der Waals surface area contributed by atoms with E-state index < -0.39 is 0 Å². The zero-order valence-corrected chi connectivity index (χ0v) is 22.1. The smallest absolute Gasteiger partial charge is 0.319 e. The molecule has 2 amide bonds. The largest absolute Gasteiger partial charge is 0.380 e. The summed E-state index contributed by atoms with van der Waals surface area (Å²) in [5.41, 5.74) is 6.13. The zero-order chi connectivity index (χ0) is 25.9. The first-order chi connectivity index (χ1) is 17.4. The van der Waals surface area contributed by atoms with E-state index in [4.69, 9.17) is 10.00 Å². The molecule has 192 valence electrons. The van der Waals surface area contributed by atoms with Crippen molar-refractivity contribution in [1.82, 2.24) is 5.32 Å². The number of rotatable bonds is 10. The monoisotopic (exact) mass is 487 g/mol. The summed E-state index contributed by atoms with van der Waals surface area (Å²) in [5, 5.41) is 14.9. The van der Waals surface area contributed by atoms with Crippen molar-refractivity contribution in [1.29, 1.82) is 5.26 Å². The predicted molar refractivity (Wildman–Crippen MR) is 148 cm³/mol. The fourth-order valence-electron chi connectivity index (χ4n) is 5.15. The lowest BCUT2D eigenvalue weighted by Gasteiger charge is -2.25. The Morgan fingerprint density at radius 1 is 1.14 bits per heavy atom. The van der Waals surface area contributed by atoms with Gasteiger partial charge in [-0.2, -0.15) is 5.26 Å².